The van der Waals surface area contributed by atoms with E-state index in [9.17, 15) is 4.79 Å². The minimum atomic E-state index is 0.103. The van der Waals surface area contributed by atoms with Gasteiger partial charge in [-0.3, -0.25) is 4.79 Å². The quantitative estimate of drug-likeness (QED) is 0.482. The fourth-order valence-electron chi connectivity index (χ4n) is 2.12. The van der Waals surface area contributed by atoms with E-state index in [0.717, 1.165) is 15.0 Å². The van der Waals surface area contributed by atoms with Crippen molar-refractivity contribution >= 4 is 28.8 Å². The van der Waals surface area contributed by atoms with Gasteiger partial charge in [-0.25, -0.2) is 0 Å². The highest BCUT2D eigenvalue weighted by molar-refractivity contribution is 7.16. The van der Waals surface area contributed by atoms with Crippen LogP contribution in [0.4, 0.5) is 0 Å². The Balaban J connectivity index is 1.77. The Morgan fingerprint density at radius 2 is 2.04 bits per heavy atom. The zero-order valence-electron chi connectivity index (χ0n) is 12.9. The Labute approximate surface area is 146 Å². The summed E-state index contributed by atoms with van der Waals surface area (Å²) < 4.78 is 6.35. The second-order valence-electron chi connectivity index (χ2n) is 5.03. The van der Waals surface area contributed by atoms with Crippen molar-refractivity contribution in [2.45, 2.75) is 19.4 Å². The van der Waals surface area contributed by atoms with Crippen LogP contribution in [0.2, 0.25) is 4.34 Å². The molecule has 0 aliphatic rings. The van der Waals surface area contributed by atoms with Crippen LogP contribution in [0.1, 0.15) is 17.7 Å². The van der Waals surface area contributed by atoms with Crippen LogP contribution in [0, 0.1) is 0 Å². The number of hydrogen-bond acceptors (Lipinski definition) is 3. The number of thiophene rings is 1. The third-order valence-electron chi connectivity index (χ3n) is 3.22. The fraction of sp³-hybridized carbons (Fsp3) is 0.278. The molecule has 122 valence electrons. The summed E-state index contributed by atoms with van der Waals surface area (Å²) in [4.78, 5) is 15.2. The van der Waals surface area contributed by atoms with Crippen LogP contribution in [0.3, 0.4) is 0 Å². The lowest BCUT2D eigenvalue weighted by molar-refractivity contribution is -0.131. The van der Waals surface area contributed by atoms with E-state index < -0.39 is 0 Å². The van der Waals surface area contributed by atoms with Crippen molar-refractivity contribution in [1.29, 1.82) is 0 Å². The fourth-order valence-corrected chi connectivity index (χ4v) is 3.23. The number of benzene rings is 1. The number of ether oxygens (including phenoxy) is 1. The second-order valence-corrected chi connectivity index (χ2v) is 6.83. The molecular formula is C18H20ClNO2S. The Morgan fingerprint density at radius 3 is 2.70 bits per heavy atom. The summed E-state index contributed by atoms with van der Waals surface area (Å²) in [7, 11) is 0. The third kappa shape index (κ3) is 6.08. The maximum atomic E-state index is 12.3. The van der Waals surface area contributed by atoms with Gasteiger partial charge in [-0.05, 0) is 30.7 Å². The summed E-state index contributed by atoms with van der Waals surface area (Å²) in [5, 5.41) is 0. The van der Waals surface area contributed by atoms with Crippen molar-refractivity contribution < 1.29 is 9.53 Å². The van der Waals surface area contributed by atoms with Gasteiger partial charge in [0.25, 0.3) is 0 Å². The summed E-state index contributed by atoms with van der Waals surface area (Å²) in [6, 6.07) is 13.4. The monoisotopic (exact) mass is 349 g/mol. The Kier molecular flexibility index (Phi) is 7.17. The average molecular weight is 350 g/mol. The molecule has 0 N–H and O–H groups in total. The molecule has 2 rings (SSSR count). The third-order valence-corrected chi connectivity index (χ3v) is 4.44. The van der Waals surface area contributed by atoms with Gasteiger partial charge in [-0.1, -0.05) is 35.9 Å². The first-order chi connectivity index (χ1) is 11.2. The zero-order valence-corrected chi connectivity index (χ0v) is 14.5. The predicted octanol–water partition coefficient (Wildman–Crippen LogP) is 4.78. The van der Waals surface area contributed by atoms with Gasteiger partial charge in [0.2, 0.25) is 5.91 Å². The first kappa shape index (κ1) is 17.6. The molecule has 5 heteroatoms. The van der Waals surface area contributed by atoms with Crippen LogP contribution in [0.5, 0.6) is 5.75 Å². The maximum Gasteiger partial charge on any atom is 0.223 e. The summed E-state index contributed by atoms with van der Waals surface area (Å²) >= 11 is 7.44. The SMILES string of the molecule is C=CCN(Cc1ccc(Cl)s1)C(=O)CCCOc1ccccc1. The molecule has 0 unspecified atom stereocenters. The van der Waals surface area contributed by atoms with E-state index in [4.69, 9.17) is 16.3 Å². The van der Waals surface area contributed by atoms with Gasteiger partial charge in [0.05, 0.1) is 17.5 Å². The topological polar surface area (TPSA) is 29.5 Å². The van der Waals surface area contributed by atoms with Crippen molar-refractivity contribution in [2.75, 3.05) is 13.2 Å². The van der Waals surface area contributed by atoms with Crippen LogP contribution in [-0.2, 0) is 11.3 Å². The molecule has 0 aliphatic carbocycles. The first-order valence-corrected chi connectivity index (χ1v) is 8.69. The van der Waals surface area contributed by atoms with Crippen molar-refractivity contribution in [1.82, 2.24) is 4.90 Å². The molecule has 0 aliphatic heterocycles. The van der Waals surface area contributed by atoms with Crippen LogP contribution < -0.4 is 4.74 Å². The Morgan fingerprint density at radius 1 is 1.26 bits per heavy atom. The van der Waals surface area contributed by atoms with Crippen molar-refractivity contribution in [3.63, 3.8) is 0 Å². The van der Waals surface area contributed by atoms with Crippen LogP contribution in [0.25, 0.3) is 0 Å². The number of amides is 1. The first-order valence-electron chi connectivity index (χ1n) is 7.50. The van der Waals surface area contributed by atoms with Crippen molar-refractivity contribution in [3.8, 4) is 5.75 Å². The Hall–Kier alpha value is -1.78. The number of halogens is 1. The van der Waals surface area contributed by atoms with E-state index >= 15 is 0 Å². The van der Waals surface area contributed by atoms with Gasteiger partial charge < -0.3 is 9.64 Å². The Bertz CT molecular complexity index is 627. The summed E-state index contributed by atoms with van der Waals surface area (Å²) in [5.41, 5.74) is 0. The van der Waals surface area contributed by atoms with E-state index in [1.165, 1.54) is 11.3 Å². The molecular weight excluding hydrogens is 330 g/mol. The number of carbonyl (C=O) groups excluding carboxylic acids is 1. The van der Waals surface area contributed by atoms with Gasteiger partial charge >= 0.3 is 0 Å². The maximum absolute atomic E-state index is 12.3. The molecule has 1 heterocycles. The standard InChI is InChI=1S/C18H20ClNO2S/c1-2-12-20(14-16-10-11-17(19)23-16)18(21)9-6-13-22-15-7-4-3-5-8-15/h2-5,7-8,10-11H,1,6,9,12-14H2. The molecule has 0 spiro atoms. The van der Waals surface area contributed by atoms with E-state index in [0.29, 0.717) is 32.5 Å². The van der Waals surface area contributed by atoms with Gasteiger partial charge in [-0.15, -0.1) is 17.9 Å². The molecule has 1 aromatic heterocycles. The largest absolute Gasteiger partial charge is 0.494 e. The van der Waals surface area contributed by atoms with Crippen molar-refractivity contribution in [2.24, 2.45) is 0 Å². The summed E-state index contributed by atoms with van der Waals surface area (Å²) in [5.74, 6) is 0.933. The zero-order chi connectivity index (χ0) is 16.5. The predicted molar refractivity (Wildman–Crippen MR) is 96.1 cm³/mol. The number of carbonyl (C=O) groups is 1. The lowest BCUT2D eigenvalue weighted by Crippen LogP contribution is -2.30. The molecule has 2 aromatic rings. The molecule has 23 heavy (non-hydrogen) atoms. The van der Waals surface area contributed by atoms with E-state index in [2.05, 4.69) is 6.58 Å². The molecule has 0 bridgehead atoms. The molecule has 0 fully saturated rings. The van der Waals surface area contributed by atoms with Crippen molar-refractivity contribution in [3.05, 3.63) is 64.3 Å². The molecule has 3 nitrogen and oxygen atoms in total. The highest BCUT2D eigenvalue weighted by Gasteiger charge is 2.13. The van der Waals surface area contributed by atoms with Crippen LogP contribution >= 0.6 is 22.9 Å². The lowest BCUT2D eigenvalue weighted by Gasteiger charge is -2.20. The van der Waals surface area contributed by atoms with Crippen LogP contribution in [-0.4, -0.2) is 24.0 Å². The van der Waals surface area contributed by atoms with Gasteiger partial charge in [0.15, 0.2) is 0 Å². The smallest absolute Gasteiger partial charge is 0.223 e. The van der Waals surface area contributed by atoms with Crippen LogP contribution in [0.15, 0.2) is 55.1 Å². The van der Waals surface area contributed by atoms with Gasteiger partial charge in [-0.2, -0.15) is 0 Å². The molecule has 1 aromatic carbocycles. The number of para-hydroxylation sites is 1. The second kappa shape index (κ2) is 9.38. The van der Waals surface area contributed by atoms with Gasteiger partial charge in [0.1, 0.15) is 5.75 Å². The van der Waals surface area contributed by atoms with E-state index in [1.807, 2.05) is 42.5 Å². The molecule has 0 atom stereocenters. The molecule has 0 saturated carbocycles. The van der Waals surface area contributed by atoms with E-state index in [1.54, 1.807) is 11.0 Å². The van der Waals surface area contributed by atoms with E-state index in [-0.39, 0.29) is 5.91 Å². The molecule has 0 saturated heterocycles. The highest BCUT2D eigenvalue weighted by atomic mass is 35.5. The normalized spacial score (nSPS) is 10.3. The summed E-state index contributed by atoms with van der Waals surface area (Å²) in [6.07, 6.45) is 2.89. The lowest BCUT2D eigenvalue weighted by atomic mass is 10.2. The number of hydrogen-bond donors (Lipinski definition) is 0. The highest BCUT2D eigenvalue weighted by Crippen LogP contribution is 2.23. The molecule has 1 amide bonds. The minimum absolute atomic E-state index is 0.103. The molecule has 0 radical (unpaired) electrons. The number of rotatable bonds is 9. The number of nitrogens with zero attached hydrogens (tertiary/aromatic N) is 1. The van der Waals surface area contributed by atoms with Gasteiger partial charge in [0, 0.05) is 17.8 Å². The average Bonchev–Trinajstić information content (AvgIpc) is 2.97. The minimum Gasteiger partial charge on any atom is -0.494 e. The summed E-state index contributed by atoms with van der Waals surface area (Å²) in [6.45, 7) is 5.36.